The monoisotopic (exact) mass is 211 g/mol. The first kappa shape index (κ1) is 11.5. The highest BCUT2D eigenvalue weighted by molar-refractivity contribution is 5.70. The van der Waals surface area contributed by atoms with Gasteiger partial charge in [0.1, 0.15) is 11.6 Å². The van der Waals surface area contributed by atoms with Gasteiger partial charge in [0.05, 0.1) is 0 Å². The van der Waals surface area contributed by atoms with Crippen molar-refractivity contribution in [1.29, 1.82) is 0 Å². The van der Waals surface area contributed by atoms with E-state index < -0.39 is 11.9 Å². The Morgan fingerprint density at radius 2 is 2.07 bits per heavy atom. The zero-order valence-electron chi connectivity index (χ0n) is 8.87. The summed E-state index contributed by atoms with van der Waals surface area (Å²) in [6.45, 7) is 4.86. The number of rotatable bonds is 3. The SMILES string of the molecule is CCN(CC)C(=O)Oc1cccc(F)c1. The van der Waals surface area contributed by atoms with Gasteiger partial charge in [-0.1, -0.05) is 6.07 Å². The van der Waals surface area contributed by atoms with E-state index in [1.54, 1.807) is 6.07 Å². The Kier molecular flexibility index (Phi) is 4.09. The maximum atomic E-state index is 12.8. The van der Waals surface area contributed by atoms with Crippen molar-refractivity contribution in [2.24, 2.45) is 0 Å². The van der Waals surface area contributed by atoms with Gasteiger partial charge in [-0.05, 0) is 26.0 Å². The Morgan fingerprint density at radius 1 is 1.40 bits per heavy atom. The molecule has 1 amide bonds. The first-order valence-corrected chi connectivity index (χ1v) is 4.89. The van der Waals surface area contributed by atoms with Gasteiger partial charge in [-0.25, -0.2) is 9.18 Å². The average molecular weight is 211 g/mol. The second-order valence-electron chi connectivity index (χ2n) is 3.00. The summed E-state index contributed by atoms with van der Waals surface area (Å²) < 4.78 is 17.8. The van der Waals surface area contributed by atoms with Crippen molar-refractivity contribution in [3.8, 4) is 5.75 Å². The van der Waals surface area contributed by atoms with Gasteiger partial charge in [0.25, 0.3) is 0 Å². The Morgan fingerprint density at radius 3 is 2.60 bits per heavy atom. The van der Waals surface area contributed by atoms with E-state index in [2.05, 4.69) is 0 Å². The van der Waals surface area contributed by atoms with Gasteiger partial charge in [0.2, 0.25) is 0 Å². The van der Waals surface area contributed by atoms with Gasteiger partial charge in [-0.2, -0.15) is 0 Å². The van der Waals surface area contributed by atoms with Gasteiger partial charge in [-0.15, -0.1) is 0 Å². The molecule has 82 valence electrons. The second kappa shape index (κ2) is 5.34. The van der Waals surface area contributed by atoms with Crippen molar-refractivity contribution in [3.05, 3.63) is 30.1 Å². The summed E-state index contributed by atoms with van der Waals surface area (Å²) in [5.74, 6) is -0.188. The smallest absolute Gasteiger partial charge is 0.410 e. The van der Waals surface area contributed by atoms with Crippen molar-refractivity contribution >= 4 is 6.09 Å². The molecule has 0 saturated carbocycles. The molecule has 1 aromatic rings. The molecule has 0 aliphatic heterocycles. The van der Waals surface area contributed by atoms with Gasteiger partial charge in [0.15, 0.2) is 0 Å². The lowest BCUT2D eigenvalue weighted by molar-refractivity contribution is 0.157. The summed E-state index contributed by atoms with van der Waals surface area (Å²) in [7, 11) is 0. The van der Waals surface area contributed by atoms with Crippen LogP contribution in [0.25, 0.3) is 0 Å². The fourth-order valence-electron chi connectivity index (χ4n) is 1.18. The van der Waals surface area contributed by atoms with E-state index in [4.69, 9.17) is 4.74 Å². The average Bonchev–Trinajstić information content (AvgIpc) is 2.19. The molecular weight excluding hydrogens is 197 g/mol. The molecule has 1 aromatic carbocycles. The Bertz CT molecular complexity index is 337. The molecule has 0 aliphatic rings. The largest absolute Gasteiger partial charge is 0.415 e. The molecule has 0 N–H and O–H groups in total. The number of hydrogen-bond donors (Lipinski definition) is 0. The molecule has 0 heterocycles. The number of ether oxygens (including phenoxy) is 1. The third-order valence-corrected chi connectivity index (χ3v) is 2.02. The molecule has 0 radical (unpaired) electrons. The summed E-state index contributed by atoms with van der Waals surface area (Å²) in [6.07, 6.45) is -0.453. The highest BCUT2D eigenvalue weighted by atomic mass is 19.1. The van der Waals surface area contributed by atoms with Crippen LogP contribution in [0.15, 0.2) is 24.3 Å². The number of benzene rings is 1. The lowest BCUT2D eigenvalue weighted by Gasteiger charge is -2.17. The fraction of sp³-hybridized carbons (Fsp3) is 0.364. The van der Waals surface area contributed by atoms with Crippen LogP contribution < -0.4 is 4.74 Å². The van der Waals surface area contributed by atoms with Crippen LogP contribution in [0.1, 0.15) is 13.8 Å². The number of nitrogens with zero attached hydrogens (tertiary/aromatic N) is 1. The normalized spacial score (nSPS) is 9.80. The second-order valence-corrected chi connectivity index (χ2v) is 3.00. The van der Waals surface area contributed by atoms with Crippen LogP contribution >= 0.6 is 0 Å². The molecule has 15 heavy (non-hydrogen) atoms. The maximum absolute atomic E-state index is 12.8. The van der Waals surface area contributed by atoms with Crippen LogP contribution in [0.4, 0.5) is 9.18 Å². The zero-order valence-corrected chi connectivity index (χ0v) is 8.87. The minimum atomic E-state index is -0.453. The van der Waals surface area contributed by atoms with E-state index in [1.165, 1.54) is 23.1 Å². The molecule has 1 rings (SSSR count). The molecule has 0 aliphatic carbocycles. The summed E-state index contributed by atoms with van der Waals surface area (Å²) in [4.78, 5) is 13.0. The van der Waals surface area contributed by atoms with E-state index in [9.17, 15) is 9.18 Å². The van der Waals surface area contributed by atoms with Crippen LogP contribution in [-0.4, -0.2) is 24.1 Å². The predicted octanol–water partition coefficient (Wildman–Crippen LogP) is 2.67. The third kappa shape index (κ3) is 3.23. The minimum Gasteiger partial charge on any atom is -0.410 e. The number of halogens is 1. The summed E-state index contributed by atoms with van der Waals surface area (Å²) >= 11 is 0. The topological polar surface area (TPSA) is 29.5 Å². The van der Waals surface area contributed by atoms with Crippen LogP contribution in [0, 0.1) is 5.82 Å². The summed E-state index contributed by atoms with van der Waals surface area (Å²) in [6, 6.07) is 5.53. The van der Waals surface area contributed by atoms with Crippen molar-refractivity contribution in [3.63, 3.8) is 0 Å². The van der Waals surface area contributed by atoms with Crippen molar-refractivity contribution in [1.82, 2.24) is 4.90 Å². The Labute approximate surface area is 88.5 Å². The molecule has 3 nitrogen and oxygen atoms in total. The van der Waals surface area contributed by atoms with Gasteiger partial charge < -0.3 is 9.64 Å². The number of carbonyl (C=O) groups is 1. The van der Waals surface area contributed by atoms with E-state index in [1.807, 2.05) is 13.8 Å². The highest BCUT2D eigenvalue weighted by Gasteiger charge is 2.11. The molecular formula is C11H14FNO2. The predicted molar refractivity (Wildman–Crippen MR) is 55.3 cm³/mol. The zero-order chi connectivity index (χ0) is 11.3. The molecule has 0 spiro atoms. The van der Waals surface area contributed by atoms with Crippen LogP contribution in [0.2, 0.25) is 0 Å². The molecule has 0 unspecified atom stereocenters. The Balaban J connectivity index is 2.65. The lowest BCUT2D eigenvalue weighted by atomic mass is 10.3. The fourth-order valence-corrected chi connectivity index (χ4v) is 1.18. The van der Waals surface area contributed by atoms with Crippen LogP contribution in [0.5, 0.6) is 5.75 Å². The number of amides is 1. The first-order valence-electron chi connectivity index (χ1n) is 4.89. The van der Waals surface area contributed by atoms with Gasteiger partial charge in [-0.3, -0.25) is 0 Å². The lowest BCUT2D eigenvalue weighted by Crippen LogP contribution is -2.33. The van der Waals surface area contributed by atoms with Gasteiger partial charge >= 0.3 is 6.09 Å². The molecule has 0 fully saturated rings. The van der Waals surface area contributed by atoms with E-state index in [-0.39, 0.29) is 5.75 Å². The van der Waals surface area contributed by atoms with Gasteiger partial charge in [0, 0.05) is 19.2 Å². The first-order chi connectivity index (χ1) is 7.17. The van der Waals surface area contributed by atoms with Crippen molar-refractivity contribution in [2.75, 3.05) is 13.1 Å². The molecule has 0 saturated heterocycles. The van der Waals surface area contributed by atoms with E-state index in [0.717, 1.165) is 0 Å². The third-order valence-electron chi connectivity index (χ3n) is 2.02. The Hall–Kier alpha value is -1.58. The van der Waals surface area contributed by atoms with Crippen LogP contribution in [0.3, 0.4) is 0 Å². The molecule has 0 aromatic heterocycles. The highest BCUT2D eigenvalue weighted by Crippen LogP contribution is 2.13. The number of hydrogen-bond acceptors (Lipinski definition) is 2. The maximum Gasteiger partial charge on any atom is 0.415 e. The van der Waals surface area contributed by atoms with Crippen molar-refractivity contribution < 1.29 is 13.9 Å². The molecule has 4 heteroatoms. The van der Waals surface area contributed by atoms with Crippen LogP contribution in [-0.2, 0) is 0 Å². The minimum absolute atomic E-state index is 0.229. The molecule has 0 atom stereocenters. The van der Waals surface area contributed by atoms with E-state index in [0.29, 0.717) is 13.1 Å². The van der Waals surface area contributed by atoms with E-state index >= 15 is 0 Å². The molecule has 0 bridgehead atoms. The van der Waals surface area contributed by atoms with Crippen molar-refractivity contribution in [2.45, 2.75) is 13.8 Å². The standard InChI is InChI=1S/C11H14FNO2/c1-3-13(4-2)11(14)15-10-7-5-6-9(12)8-10/h5-8H,3-4H2,1-2H3. The summed E-state index contributed by atoms with van der Waals surface area (Å²) in [5, 5.41) is 0. The quantitative estimate of drug-likeness (QED) is 0.769. The summed E-state index contributed by atoms with van der Waals surface area (Å²) in [5.41, 5.74) is 0. The number of carbonyl (C=O) groups excluding carboxylic acids is 1.